The topological polar surface area (TPSA) is 58.6 Å². The van der Waals surface area contributed by atoms with Gasteiger partial charge in [0.05, 0.1) is 24.5 Å². The van der Waals surface area contributed by atoms with Crippen LogP contribution in [0.5, 0.6) is 5.75 Å². The highest BCUT2D eigenvalue weighted by Crippen LogP contribution is 2.48. The second kappa shape index (κ2) is 11.4. The van der Waals surface area contributed by atoms with E-state index in [1.165, 1.54) is 12.1 Å². The van der Waals surface area contributed by atoms with Gasteiger partial charge in [0.1, 0.15) is 11.6 Å². The number of amides is 1. The molecular formula is C33H35FN2O3. The number of fused-ring (bicyclic) bond motifs is 1. The number of carbonyl (C=O) groups excluding carboxylic acids is 2. The number of ketones is 1. The lowest BCUT2D eigenvalue weighted by atomic mass is 9.78. The van der Waals surface area contributed by atoms with Crippen LogP contribution in [0, 0.1) is 12.7 Å². The van der Waals surface area contributed by atoms with E-state index in [2.05, 4.69) is 12.2 Å². The van der Waals surface area contributed by atoms with Crippen LogP contribution in [-0.2, 0) is 9.59 Å². The molecule has 0 bridgehead atoms. The van der Waals surface area contributed by atoms with Crippen LogP contribution in [0.3, 0.4) is 0 Å². The number of ether oxygens (including phenoxy) is 1. The Hall–Kier alpha value is -3.93. The van der Waals surface area contributed by atoms with E-state index < -0.39 is 6.04 Å². The molecular weight excluding hydrogens is 491 g/mol. The summed E-state index contributed by atoms with van der Waals surface area (Å²) < 4.78 is 19.3. The molecule has 6 heteroatoms. The zero-order chi connectivity index (χ0) is 27.5. The van der Waals surface area contributed by atoms with Gasteiger partial charge in [-0.25, -0.2) is 4.39 Å². The van der Waals surface area contributed by atoms with Gasteiger partial charge in [-0.3, -0.25) is 14.5 Å². The molecule has 202 valence electrons. The van der Waals surface area contributed by atoms with E-state index in [9.17, 15) is 14.0 Å². The van der Waals surface area contributed by atoms with Gasteiger partial charge in [0, 0.05) is 24.1 Å². The van der Waals surface area contributed by atoms with Crippen molar-refractivity contribution >= 4 is 23.1 Å². The average molecular weight is 527 g/mol. The molecule has 3 aromatic rings. The van der Waals surface area contributed by atoms with E-state index in [0.717, 1.165) is 58.8 Å². The van der Waals surface area contributed by atoms with Crippen LogP contribution in [0.1, 0.15) is 74.1 Å². The fourth-order valence-electron chi connectivity index (χ4n) is 5.74. The highest BCUT2D eigenvalue weighted by atomic mass is 19.1. The molecule has 0 saturated carbocycles. The molecule has 0 fully saturated rings. The summed E-state index contributed by atoms with van der Waals surface area (Å²) in [5, 5.41) is 3.57. The number of unbranched alkanes of at least 4 members (excludes halogenated alkanes) is 2. The van der Waals surface area contributed by atoms with Crippen molar-refractivity contribution in [2.24, 2.45) is 0 Å². The predicted molar refractivity (Wildman–Crippen MR) is 153 cm³/mol. The molecule has 2 aliphatic rings. The monoisotopic (exact) mass is 526 g/mol. The summed E-state index contributed by atoms with van der Waals surface area (Å²) in [7, 11) is 1.63. The lowest BCUT2D eigenvalue weighted by Gasteiger charge is -2.35. The molecule has 3 aromatic carbocycles. The van der Waals surface area contributed by atoms with Gasteiger partial charge < -0.3 is 10.1 Å². The number of halogens is 1. The molecule has 5 rings (SSSR count). The molecule has 39 heavy (non-hydrogen) atoms. The van der Waals surface area contributed by atoms with E-state index in [1.807, 2.05) is 49.4 Å². The number of nitrogens with one attached hydrogen (secondary N) is 1. The number of carbonyl (C=O) groups is 2. The van der Waals surface area contributed by atoms with Gasteiger partial charge in [-0.1, -0.05) is 50.1 Å². The standard InChI is InChI=1S/C33H35FN2O3/c1-4-5-6-7-31(38)36-29-18-21(2)8-17-27(29)35-28-19-24(22-11-15-26(39-3)16-12-22)20-30(37)32(28)33(36)23-9-13-25(34)14-10-23/h8-18,24,33,35H,4-7,19-20H2,1-3H3/t24-,33-/m0/s1. The molecule has 2 atom stereocenters. The van der Waals surface area contributed by atoms with E-state index in [0.29, 0.717) is 24.8 Å². The van der Waals surface area contributed by atoms with Crippen LogP contribution in [0.2, 0.25) is 0 Å². The Bertz CT molecular complexity index is 1400. The van der Waals surface area contributed by atoms with E-state index in [-0.39, 0.29) is 23.4 Å². The number of methoxy groups -OCH3 is 1. The largest absolute Gasteiger partial charge is 0.497 e. The summed E-state index contributed by atoms with van der Waals surface area (Å²) in [6.07, 6.45) is 4.07. The van der Waals surface area contributed by atoms with Crippen molar-refractivity contribution in [3.05, 3.63) is 101 Å². The fourth-order valence-corrected chi connectivity index (χ4v) is 5.74. The first-order valence-electron chi connectivity index (χ1n) is 13.7. The maximum absolute atomic E-state index is 14.1. The minimum absolute atomic E-state index is 0.00483. The van der Waals surface area contributed by atoms with Crippen molar-refractivity contribution in [2.45, 2.75) is 64.3 Å². The van der Waals surface area contributed by atoms with E-state index >= 15 is 0 Å². The number of hydrogen-bond donors (Lipinski definition) is 1. The predicted octanol–water partition coefficient (Wildman–Crippen LogP) is 7.62. The summed E-state index contributed by atoms with van der Waals surface area (Å²) >= 11 is 0. The number of aryl methyl sites for hydroxylation is 1. The molecule has 0 unspecified atom stereocenters. The van der Waals surface area contributed by atoms with Crippen LogP contribution < -0.4 is 15.0 Å². The molecule has 0 spiro atoms. The molecule has 0 aromatic heterocycles. The number of benzene rings is 3. The first-order chi connectivity index (χ1) is 18.9. The zero-order valence-electron chi connectivity index (χ0n) is 22.8. The molecule has 1 amide bonds. The maximum atomic E-state index is 14.1. The van der Waals surface area contributed by atoms with E-state index in [1.54, 1.807) is 24.1 Å². The molecule has 1 heterocycles. The van der Waals surface area contributed by atoms with Gasteiger partial charge in [0.2, 0.25) is 5.91 Å². The van der Waals surface area contributed by atoms with Crippen molar-refractivity contribution in [3.8, 4) is 5.75 Å². The Labute approximate surface area is 229 Å². The van der Waals surface area contributed by atoms with Gasteiger partial charge in [0.15, 0.2) is 5.78 Å². The summed E-state index contributed by atoms with van der Waals surface area (Å²) in [6.45, 7) is 4.10. The average Bonchev–Trinajstić information content (AvgIpc) is 3.08. The summed E-state index contributed by atoms with van der Waals surface area (Å²) in [6, 6.07) is 19.4. The Kier molecular flexibility index (Phi) is 7.82. The molecule has 0 radical (unpaired) electrons. The minimum atomic E-state index is -0.644. The number of Topliss-reactive ketones (excluding diaryl/α,β-unsaturated/α-hetero) is 1. The summed E-state index contributed by atoms with van der Waals surface area (Å²) in [5.74, 6) is 0.363. The second-order valence-electron chi connectivity index (χ2n) is 10.5. The third-order valence-corrected chi connectivity index (χ3v) is 7.77. The minimum Gasteiger partial charge on any atom is -0.497 e. The summed E-state index contributed by atoms with van der Waals surface area (Å²) in [5.41, 5.74) is 5.75. The SMILES string of the molecule is CCCCCC(=O)N1c2cc(C)ccc2NC2=C(C(=O)C[C@@H](c3ccc(OC)cc3)C2)[C@@H]1c1ccc(F)cc1. The van der Waals surface area contributed by atoms with Gasteiger partial charge in [-0.2, -0.15) is 0 Å². The lowest BCUT2D eigenvalue weighted by molar-refractivity contribution is -0.119. The maximum Gasteiger partial charge on any atom is 0.227 e. The van der Waals surface area contributed by atoms with Crippen LogP contribution in [0.15, 0.2) is 78.0 Å². The van der Waals surface area contributed by atoms with Gasteiger partial charge in [0.25, 0.3) is 0 Å². The third-order valence-electron chi connectivity index (χ3n) is 7.77. The van der Waals surface area contributed by atoms with Crippen molar-refractivity contribution < 1.29 is 18.7 Å². The first-order valence-corrected chi connectivity index (χ1v) is 13.7. The van der Waals surface area contributed by atoms with E-state index in [4.69, 9.17) is 4.74 Å². The molecule has 1 aliphatic carbocycles. The number of rotatable bonds is 7. The summed E-state index contributed by atoms with van der Waals surface area (Å²) in [4.78, 5) is 29.8. The highest BCUT2D eigenvalue weighted by Gasteiger charge is 2.41. The number of nitrogens with zero attached hydrogens (tertiary/aromatic N) is 1. The Morgan fingerprint density at radius 3 is 2.41 bits per heavy atom. The fraction of sp³-hybridized carbons (Fsp3) is 0.333. The number of allylic oxidation sites excluding steroid dienone is 1. The quantitative estimate of drug-likeness (QED) is 0.322. The molecule has 5 nitrogen and oxygen atoms in total. The van der Waals surface area contributed by atoms with Gasteiger partial charge in [-0.15, -0.1) is 0 Å². The van der Waals surface area contributed by atoms with Crippen molar-refractivity contribution in [3.63, 3.8) is 0 Å². The molecule has 0 saturated heterocycles. The van der Waals surface area contributed by atoms with Crippen molar-refractivity contribution in [1.82, 2.24) is 0 Å². The van der Waals surface area contributed by atoms with Crippen LogP contribution in [0.25, 0.3) is 0 Å². The Morgan fingerprint density at radius 1 is 1.00 bits per heavy atom. The Balaban J connectivity index is 1.65. The zero-order valence-corrected chi connectivity index (χ0v) is 22.8. The highest BCUT2D eigenvalue weighted by molar-refractivity contribution is 6.06. The normalized spacial score (nSPS) is 18.7. The molecule has 1 aliphatic heterocycles. The number of anilines is 2. The van der Waals surface area contributed by atoms with Gasteiger partial charge in [-0.05, 0) is 78.8 Å². The lowest BCUT2D eigenvalue weighted by Crippen LogP contribution is -2.38. The number of hydrogen-bond acceptors (Lipinski definition) is 4. The van der Waals surface area contributed by atoms with Crippen molar-refractivity contribution in [2.75, 3.05) is 17.3 Å². The third kappa shape index (κ3) is 5.47. The molecule has 1 N–H and O–H groups in total. The van der Waals surface area contributed by atoms with Crippen LogP contribution in [-0.4, -0.2) is 18.8 Å². The first kappa shape index (κ1) is 26.7. The Morgan fingerprint density at radius 2 is 1.72 bits per heavy atom. The van der Waals surface area contributed by atoms with Gasteiger partial charge >= 0.3 is 0 Å². The smallest absolute Gasteiger partial charge is 0.227 e. The second-order valence-corrected chi connectivity index (χ2v) is 10.5. The van der Waals surface area contributed by atoms with Crippen molar-refractivity contribution in [1.29, 1.82) is 0 Å². The van der Waals surface area contributed by atoms with Crippen LogP contribution in [0.4, 0.5) is 15.8 Å². The van der Waals surface area contributed by atoms with Crippen LogP contribution >= 0.6 is 0 Å².